The zero-order valence-electron chi connectivity index (χ0n) is 15.0. The summed E-state index contributed by atoms with van der Waals surface area (Å²) in [5, 5.41) is 0. The van der Waals surface area contributed by atoms with Crippen LogP contribution in [-0.4, -0.2) is 27.4 Å². The maximum absolute atomic E-state index is 14.2. The molecule has 27 heavy (non-hydrogen) atoms. The molecule has 9 heteroatoms. The van der Waals surface area contributed by atoms with E-state index in [1.165, 1.54) is 7.05 Å². The van der Waals surface area contributed by atoms with Crippen LogP contribution in [0.4, 0.5) is 18.9 Å². The van der Waals surface area contributed by atoms with Gasteiger partial charge in [0.25, 0.3) is 5.91 Å². The Morgan fingerprint density at radius 1 is 1.07 bits per heavy atom. The summed E-state index contributed by atoms with van der Waals surface area (Å²) in [5.41, 5.74) is -0.515. The number of sulfonamides is 1. The van der Waals surface area contributed by atoms with Gasteiger partial charge in [0.2, 0.25) is 10.0 Å². The molecular weight excluding hydrogens is 381 g/mol. The van der Waals surface area contributed by atoms with E-state index in [1.807, 2.05) is 0 Å². The van der Waals surface area contributed by atoms with Crippen LogP contribution in [0, 0.1) is 17.5 Å². The fraction of sp³-hybridized carbons (Fsp3) is 0.278. The number of hydrogen-bond donors (Lipinski definition) is 1. The van der Waals surface area contributed by atoms with Crippen molar-refractivity contribution in [3.63, 3.8) is 0 Å². The van der Waals surface area contributed by atoms with Crippen LogP contribution in [0.15, 0.2) is 41.3 Å². The van der Waals surface area contributed by atoms with Gasteiger partial charge in [-0.2, -0.15) is 0 Å². The average Bonchev–Trinajstić information content (AvgIpc) is 2.62. The highest BCUT2D eigenvalue weighted by atomic mass is 32.2. The quantitative estimate of drug-likeness (QED) is 0.808. The lowest BCUT2D eigenvalue weighted by Gasteiger charge is -2.19. The van der Waals surface area contributed by atoms with Crippen LogP contribution >= 0.6 is 0 Å². The Morgan fingerprint density at radius 3 is 2.30 bits per heavy atom. The highest BCUT2D eigenvalue weighted by Crippen LogP contribution is 2.22. The number of nitrogens with zero attached hydrogens (tertiary/aromatic N) is 1. The molecule has 0 aliphatic carbocycles. The van der Waals surface area contributed by atoms with Crippen molar-refractivity contribution in [1.29, 1.82) is 0 Å². The van der Waals surface area contributed by atoms with Crippen LogP contribution in [0.5, 0.6) is 0 Å². The summed E-state index contributed by atoms with van der Waals surface area (Å²) in [6.07, 6.45) is 0.547. The van der Waals surface area contributed by atoms with Gasteiger partial charge >= 0.3 is 0 Å². The highest BCUT2D eigenvalue weighted by molar-refractivity contribution is 7.89. The number of nitrogens with one attached hydrogen (secondary N) is 1. The molecule has 1 amide bonds. The molecule has 0 aromatic heterocycles. The van der Waals surface area contributed by atoms with Crippen molar-refractivity contribution in [3.05, 3.63) is 59.4 Å². The molecule has 2 aromatic carbocycles. The Balaban J connectivity index is 2.40. The van der Waals surface area contributed by atoms with E-state index in [9.17, 15) is 26.4 Å². The van der Waals surface area contributed by atoms with Crippen molar-refractivity contribution in [2.75, 3.05) is 11.9 Å². The van der Waals surface area contributed by atoms with Gasteiger partial charge in [-0.15, -0.1) is 0 Å². The van der Waals surface area contributed by atoms with Crippen LogP contribution in [0.2, 0.25) is 0 Å². The molecular formula is C18H19F3N2O3S. The minimum atomic E-state index is -3.94. The van der Waals surface area contributed by atoms with Crippen LogP contribution in [0.1, 0.15) is 30.6 Å². The number of hydrogen-bond acceptors (Lipinski definition) is 3. The molecule has 0 radical (unpaired) electrons. The van der Waals surface area contributed by atoms with E-state index in [1.54, 1.807) is 13.8 Å². The molecule has 146 valence electrons. The molecule has 1 atom stereocenters. The summed E-state index contributed by atoms with van der Waals surface area (Å²) in [5.74, 6) is -4.09. The minimum Gasteiger partial charge on any atom is -0.311 e. The summed E-state index contributed by atoms with van der Waals surface area (Å²) < 4.78 is 67.7. The van der Waals surface area contributed by atoms with Crippen molar-refractivity contribution in [3.8, 4) is 0 Å². The van der Waals surface area contributed by atoms with E-state index in [4.69, 9.17) is 0 Å². The Bertz CT molecular complexity index is 964. The smallest absolute Gasteiger partial charge is 0.261 e. The lowest BCUT2D eigenvalue weighted by molar-refractivity contribution is 0.0989. The summed E-state index contributed by atoms with van der Waals surface area (Å²) in [6.45, 7) is 3.47. The van der Waals surface area contributed by atoms with Gasteiger partial charge in [-0.05, 0) is 43.7 Å². The maximum Gasteiger partial charge on any atom is 0.261 e. The number of halogens is 3. The second kappa shape index (κ2) is 8.10. The van der Waals surface area contributed by atoms with Gasteiger partial charge in [0.05, 0.1) is 10.5 Å². The molecule has 0 bridgehead atoms. The summed E-state index contributed by atoms with van der Waals surface area (Å²) in [7, 11) is -2.70. The molecule has 0 saturated carbocycles. The van der Waals surface area contributed by atoms with Gasteiger partial charge in [0, 0.05) is 24.8 Å². The molecule has 0 aliphatic heterocycles. The predicted octanol–water partition coefficient (Wildman–Crippen LogP) is 3.46. The first-order chi connectivity index (χ1) is 12.6. The molecule has 2 rings (SSSR count). The van der Waals surface area contributed by atoms with Gasteiger partial charge in [-0.25, -0.2) is 26.3 Å². The average molecular weight is 400 g/mol. The highest BCUT2D eigenvalue weighted by Gasteiger charge is 2.23. The topological polar surface area (TPSA) is 66.5 Å². The van der Waals surface area contributed by atoms with Gasteiger partial charge in [0.1, 0.15) is 5.82 Å². The normalized spacial score (nSPS) is 12.7. The van der Waals surface area contributed by atoms with Crippen molar-refractivity contribution < 1.29 is 26.4 Å². The minimum absolute atomic E-state index is 0.00992. The second-order valence-electron chi connectivity index (χ2n) is 6.03. The first-order valence-corrected chi connectivity index (χ1v) is 9.60. The summed E-state index contributed by atoms with van der Waals surface area (Å²) in [4.78, 5) is 13.2. The Morgan fingerprint density at radius 2 is 1.70 bits per heavy atom. The van der Waals surface area contributed by atoms with E-state index in [0.717, 1.165) is 41.3 Å². The monoisotopic (exact) mass is 400 g/mol. The van der Waals surface area contributed by atoms with Gasteiger partial charge in [0.15, 0.2) is 11.6 Å². The SMILES string of the molecule is CCC(C)NS(=O)(=O)c1ccc(F)c(C(=O)N(C)c2ccc(F)c(F)c2)c1. The molecule has 0 saturated heterocycles. The third kappa shape index (κ3) is 4.67. The van der Waals surface area contributed by atoms with Gasteiger partial charge in [-0.1, -0.05) is 6.92 Å². The second-order valence-corrected chi connectivity index (χ2v) is 7.75. The van der Waals surface area contributed by atoms with E-state index >= 15 is 0 Å². The van der Waals surface area contributed by atoms with Crippen molar-refractivity contribution >= 4 is 21.6 Å². The van der Waals surface area contributed by atoms with Crippen molar-refractivity contribution in [2.24, 2.45) is 0 Å². The lowest BCUT2D eigenvalue weighted by Crippen LogP contribution is -2.32. The third-order valence-electron chi connectivity index (χ3n) is 4.04. The molecule has 5 nitrogen and oxygen atoms in total. The van der Waals surface area contributed by atoms with E-state index < -0.39 is 38.9 Å². The molecule has 0 fully saturated rings. The molecule has 0 heterocycles. The number of benzene rings is 2. The van der Waals surface area contributed by atoms with Gasteiger partial charge in [-0.3, -0.25) is 4.79 Å². The lowest BCUT2D eigenvalue weighted by atomic mass is 10.1. The molecule has 2 aromatic rings. The maximum atomic E-state index is 14.2. The fourth-order valence-corrected chi connectivity index (χ4v) is 3.60. The van der Waals surface area contributed by atoms with Crippen molar-refractivity contribution in [2.45, 2.75) is 31.2 Å². The van der Waals surface area contributed by atoms with E-state index in [2.05, 4.69) is 4.72 Å². The first kappa shape index (κ1) is 20.9. The molecule has 0 aliphatic rings. The van der Waals surface area contributed by atoms with Crippen LogP contribution in [-0.2, 0) is 10.0 Å². The van der Waals surface area contributed by atoms with Crippen molar-refractivity contribution in [1.82, 2.24) is 4.72 Å². The fourth-order valence-electron chi connectivity index (χ4n) is 2.24. The first-order valence-electron chi connectivity index (χ1n) is 8.11. The number of carbonyl (C=O) groups is 1. The molecule has 1 N–H and O–H groups in total. The third-order valence-corrected chi connectivity index (χ3v) is 5.63. The van der Waals surface area contributed by atoms with Gasteiger partial charge < -0.3 is 4.90 Å². The number of rotatable bonds is 6. The summed E-state index contributed by atoms with van der Waals surface area (Å²) >= 11 is 0. The zero-order valence-corrected chi connectivity index (χ0v) is 15.8. The largest absolute Gasteiger partial charge is 0.311 e. The Labute approximate surface area is 155 Å². The zero-order chi connectivity index (χ0) is 20.4. The number of carbonyl (C=O) groups excluding carboxylic acids is 1. The van der Waals surface area contributed by atoms with Crippen LogP contribution in [0.3, 0.4) is 0 Å². The number of anilines is 1. The van der Waals surface area contributed by atoms with E-state index in [-0.39, 0.29) is 16.6 Å². The molecule has 0 spiro atoms. The Hall–Kier alpha value is -2.39. The van der Waals surface area contributed by atoms with Crippen LogP contribution in [0.25, 0.3) is 0 Å². The predicted molar refractivity (Wildman–Crippen MR) is 95.6 cm³/mol. The molecule has 1 unspecified atom stereocenters. The van der Waals surface area contributed by atoms with Crippen LogP contribution < -0.4 is 9.62 Å². The Kier molecular flexibility index (Phi) is 6.27. The standard InChI is InChI=1S/C18H19F3N2O3S/c1-4-11(2)22-27(25,26)13-6-8-15(19)14(10-13)18(24)23(3)12-5-7-16(20)17(21)9-12/h5-11,22H,4H2,1-3H3. The number of amides is 1. The van der Waals surface area contributed by atoms with E-state index in [0.29, 0.717) is 6.42 Å². The summed E-state index contributed by atoms with van der Waals surface area (Å²) in [6, 6.07) is 5.27.